The van der Waals surface area contributed by atoms with Crippen molar-refractivity contribution in [2.24, 2.45) is 5.92 Å². The van der Waals surface area contributed by atoms with E-state index in [1.807, 2.05) is 0 Å². The molecule has 0 aromatic heterocycles. The molecule has 4 nitrogen and oxygen atoms in total. The summed E-state index contributed by atoms with van der Waals surface area (Å²) in [7, 11) is 0. The van der Waals surface area contributed by atoms with Crippen LogP contribution < -0.4 is 5.32 Å². The van der Waals surface area contributed by atoms with Gasteiger partial charge in [0.1, 0.15) is 0 Å². The molecule has 0 aliphatic heterocycles. The van der Waals surface area contributed by atoms with Crippen molar-refractivity contribution in [3.63, 3.8) is 0 Å². The Morgan fingerprint density at radius 3 is 2.56 bits per heavy atom. The lowest BCUT2D eigenvalue weighted by molar-refractivity contribution is -0.138. The predicted molar refractivity (Wildman–Crippen MR) is 86.0 cm³/mol. The molecule has 1 fully saturated rings. The van der Waals surface area contributed by atoms with Crippen LogP contribution >= 0.6 is 0 Å². The monoisotopic (exact) mass is 357 g/mol. The van der Waals surface area contributed by atoms with Crippen molar-refractivity contribution in [1.82, 2.24) is 5.32 Å². The summed E-state index contributed by atoms with van der Waals surface area (Å²) < 4.78 is 38.2. The number of aliphatic carboxylic acids is 1. The zero-order valence-electron chi connectivity index (χ0n) is 13.8. The van der Waals surface area contributed by atoms with Crippen molar-refractivity contribution < 1.29 is 27.9 Å². The van der Waals surface area contributed by atoms with E-state index >= 15 is 0 Å². The van der Waals surface area contributed by atoms with E-state index in [4.69, 9.17) is 5.11 Å². The van der Waals surface area contributed by atoms with Crippen LogP contribution in [0.25, 0.3) is 0 Å². The first-order chi connectivity index (χ1) is 11.8. The van der Waals surface area contributed by atoms with Crippen molar-refractivity contribution in [2.75, 3.05) is 6.54 Å². The van der Waals surface area contributed by atoms with Gasteiger partial charge in [-0.1, -0.05) is 31.0 Å². The fourth-order valence-corrected chi connectivity index (χ4v) is 2.90. The Labute approximate surface area is 144 Å². The first-order valence-corrected chi connectivity index (χ1v) is 8.45. The van der Waals surface area contributed by atoms with Gasteiger partial charge in [-0.05, 0) is 36.8 Å². The highest BCUT2D eigenvalue weighted by Gasteiger charge is 2.44. The van der Waals surface area contributed by atoms with E-state index in [1.54, 1.807) is 6.07 Å². The zero-order chi connectivity index (χ0) is 18.4. The van der Waals surface area contributed by atoms with Gasteiger partial charge in [0.05, 0.1) is 5.56 Å². The van der Waals surface area contributed by atoms with E-state index < -0.39 is 17.7 Å². The highest BCUT2D eigenvalue weighted by molar-refractivity contribution is 5.82. The summed E-state index contributed by atoms with van der Waals surface area (Å²) in [6.45, 7) is 0.512. The van der Waals surface area contributed by atoms with Crippen LogP contribution in [0.4, 0.5) is 13.2 Å². The standard InChI is InChI=1S/C18H22F3NO3/c19-18(20,21)13-7-5-6-12(10-13)14-11-15(14)17(25)22-9-4-2-1-3-8-16(23)24/h5-7,10,14-15H,1-4,8-9,11H2,(H,22,25)(H,23,24). The first kappa shape index (κ1) is 19.3. The van der Waals surface area contributed by atoms with Crippen LogP contribution in [0.3, 0.4) is 0 Å². The molecule has 25 heavy (non-hydrogen) atoms. The van der Waals surface area contributed by atoms with E-state index in [9.17, 15) is 22.8 Å². The lowest BCUT2D eigenvalue weighted by Crippen LogP contribution is -2.26. The molecule has 0 radical (unpaired) electrons. The number of alkyl halides is 3. The average Bonchev–Trinajstić information content (AvgIpc) is 3.33. The van der Waals surface area contributed by atoms with E-state index in [2.05, 4.69) is 5.32 Å². The maximum Gasteiger partial charge on any atom is 0.416 e. The Balaban J connectivity index is 1.69. The molecule has 1 amide bonds. The summed E-state index contributed by atoms with van der Waals surface area (Å²) >= 11 is 0. The second kappa shape index (κ2) is 8.36. The minimum absolute atomic E-state index is 0.118. The third-order valence-corrected chi connectivity index (χ3v) is 4.39. The smallest absolute Gasteiger partial charge is 0.416 e. The van der Waals surface area contributed by atoms with Crippen molar-refractivity contribution in [1.29, 1.82) is 0 Å². The maximum absolute atomic E-state index is 12.7. The topological polar surface area (TPSA) is 66.4 Å². The molecule has 1 aliphatic rings. The molecule has 2 atom stereocenters. The fourth-order valence-electron chi connectivity index (χ4n) is 2.90. The summed E-state index contributed by atoms with van der Waals surface area (Å²) in [5.74, 6) is -1.32. The minimum Gasteiger partial charge on any atom is -0.481 e. The largest absolute Gasteiger partial charge is 0.481 e. The number of halogens is 3. The fraction of sp³-hybridized carbons (Fsp3) is 0.556. The number of hydrogen-bond acceptors (Lipinski definition) is 2. The van der Waals surface area contributed by atoms with Gasteiger partial charge in [-0.3, -0.25) is 9.59 Å². The normalized spacial score (nSPS) is 19.5. The van der Waals surface area contributed by atoms with E-state index in [0.717, 1.165) is 31.4 Å². The number of carboxylic acid groups (broad SMARTS) is 1. The highest BCUT2D eigenvalue weighted by atomic mass is 19.4. The molecular formula is C18H22F3NO3. The molecule has 2 rings (SSSR count). The van der Waals surface area contributed by atoms with Gasteiger partial charge in [0, 0.05) is 18.9 Å². The van der Waals surface area contributed by atoms with Crippen LogP contribution in [-0.4, -0.2) is 23.5 Å². The number of hydrogen-bond donors (Lipinski definition) is 2. The number of unbranched alkanes of at least 4 members (excludes halogenated alkanes) is 3. The van der Waals surface area contributed by atoms with Crippen LogP contribution in [-0.2, 0) is 15.8 Å². The number of carbonyl (C=O) groups is 2. The van der Waals surface area contributed by atoms with Crippen molar-refractivity contribution >= 4 is 11.9 Å². The van der Waals surface area contributed by atoms with Gasteiger partial charge < -0.3 is 10.4 Å². The average molecular weight is 357 g/mol. The molecule has 1 aromatic rings. The summed E-state index contributed by atoms with van der Waals surface area (Å²) in [5, 5.41) is 11.3. The second-order valence-electron chi connectivity index (χ2n) is 6.42. The molecule has 0 saturated heterocycles. The Morgan fingerprint density at radius 2 is 1.88 bits per heavy atom. The highest BCUT2D eigenvalue weighted by Crippen LogP contribution is 2.48. The zero-order valence-corrected chi connectivity index (χ0v) is 13.8. The van der Waals surface area contributed by atoms with E-state index in [-0.39, 0.29) is 24.2 Å². The van der Waals surface area contributed by atoms with Crippen molar-refractivity contribution in [3.8, 4) is 0 Å². The number of carboxylic acids is 1. The Bertz CT molecular complexity index is 616. The van der Waals surface area contributed by atoms with Crippen molar-refractivity contribution in [3.05, 3.63) is 35.4 Å². The van der Waals surface area contributed by atoms with Crippen molar-refractivity contribution in [2.45, 2.75) is 50.6 Å². The Morgan fingerprint density at radius 1 is 1.16 bits per heavy atom. The molecule has 1 aliphatic carbocycles. The number of rotatable bonds is 9. The van der Waals surface area contributed by atoms with Crippen LogP contribution in [0.2, 0.25) is 0 Å². The number of benzene rings is 1. The second-order valence-corrected chi connectivity index (χ2v) is 6.42. The number of amides is 1. The molecule has 7 heteroatoms. The molecule has 138 valence electrons. The molecule has 0 bridgehead atoms. The molecule has 1 aromatic carbocycles. The summed E-state index contributed by atoms with van der Waals surface area (Å²) in [6.07, 6.45) is -0.592. The summed E-state index contributed by atoms with van der Waals surface area (Å²) in [4.78, 5) is 22.4. The Hall–Kier alpha value is -2.05. The molecule has 2 N–H and O–H groups in total. The lowest BCUT2D eigenvalue weighted by Gasteiger charge is -2.09. The van der Waals surface area contributed by atoms with Crippen LogP contribution in [0.5, 0.6) is 0 Å². The number of carbonyl (C=O) groups excluding carboxylic acids is 1. The number of nitrogens with one attached hydrogen (secondary N) is 1. The van der Waals surface area contributed by atoms with Crippen LogP contribution in [0.15, 0.2) is 24.3 Å². The van der Waals surface area contributed by atoms with Crippen LogP contribution in [0.1, 0.15) is 55.6 Å². The quantitative estimate of drug-likeness (QED) is 0.658. The van der Waals surface area contributed by atoms with Gasteiger partial charge in [0.25, 0.3) is 0 Å². The van der Waals surface area contributed by atoms with Gasteiger partial charge >= 0.3 is 12.1 Å². The van der Waals surface area contributed by atoms with Gasteiger partial charge in [0.2, 0.25) is 5.91 Å². The van der Waals surface area contributed by atoms with Gasteiger partial charge in [0.15, 0.2) is 0 Å². The van der Waals surface area contributed by atoms with Gasteiger partial charge in [-0.2, -0.15) is 13.2 Å². The first-order valence-electron chi connectivity index (χ1n) is 8.45. The lowest BCUT2D eigenvalue weighted by atomic mass is 10.1. The molecular weight excluding hydrogens is 335 g/mol. The SMILES string of the molecule is O=C(O)CCCCCCNC(=O)C1CC1c1cccc(C(F)(F)F)c1. The third kappa shape index (κ3) is 6.07. The van der Waals surface area contributed by atoms with E-state index in [0.29, 0.717) is 24.9 Å². The third-order valence-electron chi connectivity index (χ3n) is 4.39. The summed E-state index contributed by atoms with van der Waals surface area (Å²) in [5.41, 5.74) is -0.124. The van der Waals surface area contributed by atoms with Crippen LogP contribution in [0, 0.1) is 5.92 Å². The van der Waals surface area contributed by atoms with Gasteiger partial charge in [-0.15, -0.1) is 0 Å². The van der Waals surface area contributed by atoms with E-state index in [1.165, 1.54) is 6.07 Å². The Kier molecular flexibility index (Phi) is 6.45. The molecule has 2 unspecified atom stereocenters. The molecule has 1 saturated carbocycles. The molecule has 0 spiro atoms. The van der Waals surface area contributed by atoms with Gasteiger partial charge in [-0.25, -0.2) is 0 Å². The minimum atomic E-state index is -4.37. The molecule has 0 heterocycles. The predicted octanol–water partition coefficient (Wildman–Crippen LogP) is 3.96. The maximum atomic E-state index is 12.7. The summed E-state index contributed by atoms with van der Waals surface area (Å²) in [6, 6.07) is 5.17.